The number of carboxylic acid groups (broad SMARTS) is 1. The van der Waals surface area contributed by atoms with Crippen molar-refractivity contribution in [2.24, 2.45) is 17.6 Å². The van der Waals surface area contributed by atoms with Crippen molar-refractivity contribution in [3.63, 3.8) is 0 Å². The highest BCUT2D eigenvalue weighted by atomic mass is 16.4. The summed E-state index contributed by atoms with van der Waals surface area (Å²) in [5.74, 6) is -0.258. The third kappa shape index (κ3) is 3.45. The van der Waals surface area contributed by atoms with E-state index in [1.165, 1.54) is 0 Å². The van der Waals surface area contributed by atoms with Gasteiger partial charge in [-0.1, -0.05) is 13.8 Å². The Labute approximate surface area is 61.2 Å². The first kappa shape index (κ1) is 9.43. The third-order valence-corrected chi connectivity index (χ3v) is 1.84. The van der Waals surface area contributed by atoms with E-state index in [1.54, 1.807) is 0 Å². The van der Waals surface area contributed by atoms with Crippen molar-refractivity contribution in [1.29, 1.82) is 0 Å². The normalized spacial score (nSPS) is 16.3. The van der Waals surface area contributed by atoms with Crippen LogP contribution >= 0.6 is 0 Å². The Hall–Kier alpha value is -0.570. The Balaban J connectivity index is 3.61. The van der Waals surface area contributed by atoms with Gasteiger partial charge >= 0.3 is 5.97 Å². The zero-order valence-corrected chi connectivity index (χ0v) is 6.50. The number of carboxylic acids is 1. The van der Waals surface area contributed by atoms with Crippen molar-refractivity contribution in [3.05, 3.63) is 0 Å². The van der Waals surface area contributed by atoms with Crippen LogP contribution in [0.15, 0.2) is 0 Å². The maximum Gasteiger partial charge on any atom is 0.303 e. The Morgan fingerprint density at radius 1 is 1.50 bits per heavy atom. The summed E-state index contributed by atoms with van der Waals surface area (Å²) in [6.45, 7) is 4.44. The van der Waals surface area contributed by atoms with Crippen LogP contribution in [0.25, 0.3) is 0 Å². The molecule has 2 atom stereocenters. The molecule has 0 saturated heterocycles. The molecule has 0 aliphatic carbocycles. The topological polar surface area (TPSA) is 63.3 Å². The minimum Gasteiger partial charge on any atom is -0.481 e. The number of rotatable bonds is 4. The van der Waals surface area contributed by atoms with Gasteiger partial charge in [0.2, 0.25) is 0 Å². The van der Waals surface area contributed by atoms with Crippen LogP contribution in [0.1, 0.15) is 20.3 Å². The SMILES string of the molecule is CC(CN)C(C)CC(=O)O. The lowest BCUT2D eigenvalue weighted by Crippen LogP contribution is -2.20. The molecule has 2 unspecified atom stereocenters. The summed E-state index contributed by atoms with van der Waals surface area (Å²) in [4.78, 5) is 10.2. The molecule has 3 N–H and O–H groups in total. The van der Waals surface area contributed by atoms with Crippen LogP contribution in [0.5, 0.6) is 0 Å². The summed E-state index contributed by atoms with van der Waals surface area (Å²) in [5, 5.41) is 8.39. The van der Waals surface area contributed by atoms with Gasteiger partial charge in [-0.05, 0) is 18.4 Å². The van der Waals surface area contributed by atoms with E-state index in [2.05, 4.69) is 0 Å². The molecule has 3 nitrogen and oxygen atoms in total. The van der Waals surface area contributed by atoms with Crippen LogP contribution in [0.2, 0.25) is 0 Å². The van der Waals surface area contributed by atoms with Gasteiger partial charge in [-0.2, -0.15) is 0 Å². The zero-order chi connectivity index (χ0) is 8.15. The van der Waals surface area contributed by atoms with Gasteiger partial charge in [0.15, 0.2) is 0 Å². The zero-order valence-electron chi connectivity index (χ0n) is 6.50. The fourth-order valence-corrected chi connectivity index (χ4v) is 0.709. The molecule has 0 aromatic carbocycles. The van der Waals surface area contributed by atoms with Crippen LogP contribution < -0.4 is 5.73 Å². The summed E-state index contributed by atoms with van der Waals surface area (Å²) in [6, 6.07) is 0. The molecule has 0 amide bonds. The van der Waals surface area contributed by atoms with Gasteiger partial charge in [-0.15, -0.1) is 0 Å². The maximum absolute atomic E-state index is 10.2. The first-order chi connectivity index (χ1) is 4.57. The fraction of sp³-hybridized carbons (Fsp3) is 0.857. The van der Waals surface area contributed by atoms with Crippen LogP contribution in [0.4, 0.5) is 0 Å². The molecule has 0 rings (SSSR count). The smallest absolute Gasteiger partial charge is 0.303 e. The van der Waals surface area contributed by atoms with Crippen LogP contribution in [-0.2, 0) is 4.79 Å². The second kappa shape index (κ2) is 4.28. The van der Waals surface area contributed by atoms with Gasteiger partial charge in [0.25, 0.3) is 0 Å². The summed E-state index contributed by atoms with van der Waals surface area (Å²) in [5.41, 5.74) is 5.36. The lowest BCUT2D eigenvalue weighted by atomic mass is 9.93. The van der Waals surface area contributed by atoms with Gasteiger partial charge in [0.1, 0.15) is 0 Å². The Bertz CT molecular complexity index is 114. The van der Waals surface area contributed by atoms with Gasteiger partial charge in [0.05, 0.1) is 0 Å². The fourth-order valence-electron chi connectivity index (χ4n) is 0.709. The molecular formula is C7H15NO2. The maximum atomic E-state index is 10.2. The third-order valence-electron chi connectivity index (χ3n) is 1.84. The summed E-state index contributed by atoms with van der Waals surface area (Å²) in [6.07, 6.45) is 0.221. The van der Waals surface area contributed by atoms with E-state index < -0.39 is 5.97 Å². The van der Waals surface area contributed by atoms with Gasteiger partial charge in [0, 0.05) is 6.42 Å². The highest BCUT2D eigenvalue weighted by Gasteiger charge is 2.13. The van der Waals surface area contributed by atoms with E-state index in [1.807, 2.05) is 13.8 Å². The van der Waals surface area contributed by atoms with Gasteiger partial charge < -0.3 is 10.8 Å². The van der Waals surface area contributed by atoms with Crippen LogP contribution in [0, 0.1) is 11.8 Å². The summed E-state index contributed by atoms with van der Waals surface area (Å²) >= 11 is 0. The van der Waals surface area contributed by atoms with Crippen molar-refractivity contribution in [1.82, 2.24) is 0 Å². The molecule has 0 aliphatic heterocycles. The molecule has 0 saturated carbocycles. The number of hydrogen-bond acceptors (Lipinski definition) is 2. The standard InChI is InChI=1S/C7H15NO2/c1-5(3-7(9)10)6(2)4-8/h5-6H,3-4,8H2,1-2H3,(H,9,10). The molecule has 0 radical (unpaired) electrons. The van der Waals surface area contributed by atoms with Crippen molar-refractivity contribution < 1.29 is 9.90 Å². The lowest BCUT2D eigenvalue weighted by Gasteiger charge is -2.14. The van der Waals surface area contributed by atoms with Crippen LogP contribution in [-0.4, -0.2) is 17.6 Å². The van der Waals surface area contributed by atoms with Gasteiger partial charge in [-0.3, -0.25) is 4.79 Å². The molecule has 3 heteroatoms. The quantitative estimate of drug-likeness (QED) is 0.611. The highest BCUT2D eigenvalue weighted by molar-refractivity contribution is 5.66. The van der Waals surface area contributed by atoms with Crippen molar-refractivity contribution in [2.75, 3.05) is 6.54 Å². The first-order valence-electron chi connectivity index (χ1n) is 3.49. The van der Waals surface area contributed by atoms with Crippen molar-refractivity contribution in [2.45, 2.75) is 20.3 Å². The van der Waals surface area contributed by atoms with E-state index in [0.29, 0.717) is 12.5 Å². The molecule has 0 bridgehead atoms. The Morgan fingerprint density at radius 3 is 2.30 bits per heavy atom. The van der Waals surface area contributed by atoms with Crippen molar-refractivity contribution in [3.8, 4) is 0 Å². The molecule has 0 aromatic rings. The average Bonchev–Trinajstić information content (AvgIpc) is 1.85. The highest BCUT2D eigenvalue weighted by Crippen LogP contribution is 2.12. The van der Waals surface area contributed by atoms with E-state index >= 15 is 0 Å². The lowest BCUT2D eigenvalue weighted by molar-refractivity contribution is -0.138. The average molecular weight is 145 g/mol. The molecular weight excluding hydrogens is 130 g/mol. The number of hydrogen-bond donors (Lipinski definition) is 2. The van der Waals surface area contributed by atoms with Gasteiger partial charge in [-0.25, -0.2) is 0 Å². The van der Waals surface area contributed by atoms with E-state index in [4.69, 9.17) is 10.8 Å². The number of carbonyl (C=O) groups is 1. The van der Waals surface area contributed by atoms with E-state index in [0.717, 1.165) is 0 Å². The summed E-state index contributed by atoms with van der Waals surface area (Å²) in [7, 11) is 0. The Morgan fingerprint density at radius 2 is 2.00 bits per heavy atom. The second-order valence-electron chi connectivity index (χ2n) is 2.79. The first-order valence-corrected chi connectivity index (χ1v) is 3.49. The number of nitrogens with two attached hydrogens (primary N) is 1. The number of aliphatic carboxylic acids is 1. The molecule has 0 heterocycles. The largest absolute Gasteiger partial charge is 0.481 e. The summed E-state index contributed by atoms with van der Waals surface area (Å²) < 4.78 is 0. The monoisotopic (exact) mass is 145 g/mol. The molecule has 0 aromatic heterocycles. The van der Waals surface area contributed by atoms with Crippen LogP contribution in [0.3, 0.4) is 0 Å². The molecule has 0 aliphatic rings. The van der Waals surface area contributed by atoms with E-state index in [9.17, 15) is 4.79 Å². The predicted molar refractivity (Wildman–Crippen MR) is 39.6 cm³/mol. The molecule has 10 heavy (non-hydrogen) atoms. The predicted octanol–water partition coefficient (Wildman–Crippen LogP) is 0.692. The second-order valence-corrected chi connectivity index (χ2v) is 2.79. The minimum absolute atomic E-state index is 0.183. The van der Waals surface area contributed by atoms with Crippen molar-refractivity contribution >= 4 is 5.97 Å². The molecule has 60 valence electrons. The Kier molecular flexibility index (Phi) is 4.03. The minimum atomic E-state index is -0.743. The molecule has 0 fully saturated rings. The molecule has 0 spiro atoms. The van der Waals surface area contributed by atoms with E-state index in [-0.39, 0.29) is 12.3 Å².